The number of anilines is 1. The Labute approximate surface area is 127 Å². The second kappa shape index (κ2) is 7.22. The Morgan fingerprint density at radius 2 is 1.90 bits per heavy atom. The molecule has 2 N–H and O–H groups in total. The van der Waals surface area contributed by atoms with Crippen molar-refractivity contribution in [2.24, 2.45) is 0 Å². The second-order valence-corrected chi connectivity index (χ2v) is 5.49. The van der Waals surface area contributed by atoms with Crippen LogP contribution < -0.4 is 10.6 Å². The summed E-state index contributed by atoms with van der Waals surface area (Å²) in [5.74, 6) is -0.0514. The van der Waals surface area contributed by atoms with E-state index in [2.05, 4.69) is 38.7 Å². The van der Waals surface area contributed by atoms with E-state index in [-0.39, 0.29) is 5.91 Å². The van der Waals surface area contributed by atoms with Gasteiger partial charge >= 0.3 is 0 Å². The van der Waals surface area contributed by atoms with E-state index in [4.69, 9.17) is 0 Å². The van der Waals surface area contributed by atoms with Gasteiger partial charge in [-0.05, 0) is 29.3 Å². The van der Waals surface area contributed by atoms with E-state index in [9.17, 15) is 4.79 Å². The lowest BCUT2D eigenvalue weighted by atomic mass is 10.1. The zero-order valence-electron chi connectivity index (χ0n) is 11.3. The smallest absolute Gasteiger partial charge is 0.221 e. The van der Waals surface area contributed by atoms with E-state index in [0.29, 0.717) is 6.54 Å². The molecule has 104 valence electrons. The first-order chi connectivity index (χ1) is 9.65. The summed E-state index contributed by atoms with van der Waals surface area (Å²) in [4.78, 5) is 11.2. The Balaban J connectivity index is 1.95. The fourth-order valence-electron chi connectivity index (χ4n) is 1.97. The van der Waals surface area contributed by atoms with Gasteiger partial charge in [0.05, 0.1) is 0 Å². The Kier molecular flexibility index (Phi) is 5.32. The van der Waals surface area contributed by atoms with Gasteiger partial charge in [-0.15, -0.1) is 0 Å². The highest BCUT2D eigenvalue weighted by Gasteiger charge is 2.03. The lowest BCUT2D eigenvalue weighted by Gasteiger charge is -2.11. The largest absolute Gasteiger partial charge is 0.326 e. The maximum absolute atomic E-state index is 11.2. The number of benzene rings is 2. The van der Waals surface area contributed by atoms with Crippen molar-refractivity contribution in [1.29, 1.82) is 0 Å². The van der Waals surface area contributed by atoms with Gasteiger partial charge in [0.25, 0.3) is 0 Å². The number of halogens is 1. The molecule has 0 heterocycles. The molecule has 2 rings (SSSR count). The van der Waals surface area contributed by atoms with E-state index >= 15 is 0 Å². The lowest BCUT2D eigenvalue weighted by Crippen LogP contribution is -2.15. The van der Waals surface area contributed by atoms with Crippen LogP contribution in [0, 0.1) is 0 Å². The average molecular weight is 333 g/mol. The van der Waals surface area contributed by atoms with Crippen LogP contribution in [-0.2, 0) is 17.9 Å². The minimum Gasteiger partial charge on any atom is -0.326 e. The quantitative estimate of drug-likeness (QED) is 0.876. The molecule has 3 nitrogen and oxygen atoms in total. The second-order valence-electron chi connectivity index (χ2n) is 4.57. The van der Waals surface area contributed by atoms with Crippen molar-refractivity contribution in [3.63, 3.8) is 0 Å². The molecule has 20 heavy (non-hydrogen) atoms. The topological polar surface area (TPSA) is 41.1 Å². The van der Waals surface area contributed by atoms with Crippen LogP contribution in [0.3, 0.4) is 0 Å². The molecule has 0 saturated heterocycles. The van der Waals surface area contributed by atoms with E-state index < -0.39 is 0 Å². The van der Waals surface area contributed by atoms with Gasteiger partial charge in [-0.1, -0.05) is 46.3 Å². The monoisotopic (exact) mass is 332 g/mol. The highest BCUT2D eigenvalue weighted by molar-refractivity contribution is 9.10. The minimum atomic E-state index is -0.0514. The molecule has 0 spiro atoms. The SMILES string of the molecule is CC(=O)Nc1ccccc1CNCc1cccc(Br)c1. The normalized spacial score (nSPS) is 10.3. The minimum absolute atomic E-state index is 0.0514. The Morgan fingerprint density at radius 1 is 1.10 bits per heavy atom. The molecule has 0 aliphatic rings. The molecule has 0 bridgehead atoms. The summed E-state index contributed by atoms with van der Waals surface area (Å²) in [6.07, 6.45) is 0. The highest BCUT2D eigenvalue weighted by atomic mass is 79.9. The van der Waals surface area contributed by atoms with Crippen LogP contribution in [0.5, 0.6) is 0 Å². The third-order valence-corrected chi connectivity index (χ3v) is 3.35. The maximum atomic E-state index is 11.2. The first-order valence-corrected chi connectivity index (χ1v) is 7.25. The van der Waals surface area contributed by atoms with Crippen molar-refractivity contribution in [2.45, 2.75) is 20.0 Å². The van der Waals surface area contributed by atoms with Gasteiger partial charge < -0.3 is 10.6 Å². The van der Waals surface area contributed by atoms with E-state index in [0.717, 1.165) is 22.3 Å². The molecule has 0 saturated carbocycles. The van der Waals surface area contributed by atoms with Gasteiger partial charge in [0.1, 0.15) is 0 Å². The summed E-state index contributed by atoms with van der Waals surface area (Å²) in [7, 11) is 0. The number of hydrogen-bond donors (Lipinski definition) is 2. The van der Waals surface area contributed by atoms with Gasteiger partial charge in [-0.2, -0.15) is 0 Å². The van der Waals surface area contributed by atoms with Crippen molar-refractivity contribution in [2.75, 3.05) is 5.32 Å². The van der Waals surface area contributed by atoms with Crippen molar-refractivity contribution < 1.29 is 4.79 Å². The van der Waals surface area contributed by atoms with Crippen LogP contribution in [0.1, 0.15) is 18.1 Å². The molecule has 0 atom stereocenters. The van der Waals surface area contributed by atoms with Crippen LogP contribution in [0.2, 0.25) is 0 Å². The summed E-state index contributed by atoms with van der Waals surface area (Å²) < 4.78 is 1.08. The number of carbonyl (C=O) groups excluding carboxylic acids is 1. The first-order valence-electron chi connectivity index (χ1n) is 6.46. The predicted octanol–water partition coefficient (Wildman–Crippen LogP) is 3.70. The number of rotatable bonds is 5. The van der Waals surface area contributed by atoms with Gasteiger partial charge in [-0.3, -0.25) is 4.79 Å². The van der Waals surface area contributed by atoms with Gasteiger partial charge in [0.2, 0.25) is 5.91 Å². The molecule has 0 aromatic heterocycles. The Hall–Kier alpha value is -1.65. The predicted molar refractivity (Wildman–Crippen MR) is 85.4 cm³/mol. The third-order valence-electron chi connectivity index (χ3n) is 2.86. The number of amides is 1. The Morgan fingerprint density at radius 3 is 2.65 bits per heavy atom. The number of nitrogens with one attached hydrogen (secondary N) is 2. The van der Waals surface area contributed by atoms with E-state index in [1.807, 2.05) is 36.4 Å². The van der Waals surface area contributed by atoms with Crippen LogP contribution in [0.4, 0.5) is 5.69 Å². The van der Waals surface area contributed by atoms with Crippen LogP contribution in [0.25, 0.3) is 0 Å². The van der Waals surface area contributed by atoms with Crippen molar-refractivity contribution in [3.8, 4) is 0 Å². The summed E-state index contributed by atoms with van der Waals surface area (Å²) in [6.45, 7) is 3.02. The molecule has 0 aliphatic carbocycles. The molecule has 0 fully saturated rings. The molecule has 1 amide bonds. The molecule has 2 aromatic rings. The molecule has 4 heteroatoms. The molecule has 0 unspecified atom stereocenters. The summed E-state index contributed by atoms with van der Waals surface area (Å²) in [6, 6.07) is 16.0. The fraction of sp³-hybridized carbons (Fsp3) is 0.188. The summed E-state index contributed by atoms with van der Waals surface area (Å²) in [5.41, 5.74) is 3.16. The maximum Gasteiger partial charge on any atom is 0.221 e. The molecule has 2 aromatic carbocycles. The van der Waals surface area contributed by atoms with Gasteiger partial charge in [0.15, 0.2) is 0 Å². The number of carbonyl (C=O) groups is 1. The van der Waals surface area contributed by atoms with Crippen LogP contribution >= 0.6 is 15.9 Å². The standard InChI is InChI=1S/C16H17BrN2O/c1-12(20)19-16-8-3-2-6-14(16)11-18-10-13-5-4-7-15(17)9-13/h2-9,18H,10-11H2,1H3,(H,19,20). The summed E-state index contributed by atoms with van der Waals surface area (Å²) in [5, 5.41) is 6.23. The molecule has 0 radical (unpaired) electrons. The Bertz CT molecular complexity index is 599. The zero-order valence-corrected chi connectivity index (χ0v) is 12.9. The lowest BCUT2D eigenvalue weighted by molar-refractivity contribution is -0.114. The van der Waals surface area contributed by atoms with Crippen molar-refractivity contribution in [3.05, 3.63) is 64.1 Å². The van der Waals surface area contributed by atoms with Crippen molar-refractivity contribution in [1.82, 2.24) is 5.32 Å². The van der Waals surface area contributed by atoms with E-state index in [1.165, 1.54) is 12.5 Å². The van der Waals surface area contributed by atoms with Crippen molar-refractivity contribution >= 4 is 27.5 Å². The zero-order chi connectivity index (χ0) is 14.4. The third kappa shape index (κ3) is 4.47. The number of hydrogen-bond acceptors (Lipinski definition) is 2. The highest BCUT2D eigenvalue weighted by Crippen LogP contribution is 2.15. The van der Waals surface area contributed by atoms with E-state index in [1.54, 1.807) is 0 Å². The average Bonchev–Trinajstić information content (AvgIpc) is 2.40. The molecular weight excluding hydrogens is 316 g/mol. The first kappa shape index (κ1) is 14.8. The van der Waals surface area contributed by atoms with Gasteiger partial charge in [-0.25, -0.2) is 0 Å². The van der Waals surface area contributed by atoms with Gasteiger partial charge in [0, 0.05) is 30.2 Å². The molecule has 0 aliphatic heterocycles. The van der Waals surface area contributed by atoms with Crippen LogP contribution in [0.15, 0.2) is 53.0 Å². The number of para-hydroxylation sites is 1. The van der Waals surface area contributed by atoms with Crippen LogP contribution in [-0.4, -0.2) is 5.91 Å². The molecular formula is C16H17BrN2O. The summed E-state index contributed by atoms with van der Waals surface area (Å²) >= 11 is 3.46. The fourth-order valence-corrected chi connectivity index (χ4v) is 2.42.